The van der Waals surface area contributed by atoms with Crippen LogP contribution in [0.3, 0.4) is 0 Å². The second-order valence-electron chi connectivity index (χ2n) is 5.88. The van der Waals surface area contributed by atoms with Gasteiger partial charge in [-0.15, -0.1) is 13.2 Å². The zero-order valence-electron chi connectivity index (χ0n) is 15.0. The summed E-state index contributed by atoms with van der Waals surface area (Å²) >= 11 is 0. The number of halogens is 5. The molecule has 0 saturated heterocycles. The largest absolute Gasteiger partial charge is 0.573 e. The van der Waals surface area contributed by atoms with Crippen LogP contribution in [0.1, 0.15) is 17.3 Å². The molecule has 30 heavy (non-hydrogen) atoms. The van der Waals surface area contributed by atoms with Crippen molar-refractivity contribution >= 4 is 11.7 Å². The fourth-order valence-electron chi connectivity index (χ4n) is 2.56. The van der Waals surface area contributed by atoms with Gasteiger partial charge in [-0.3, -0.25) is 9.97 Å². The first-order valence-corrected chi connectivity index (χ1v) is 8.36. The van der Waals surface area contributed by atoms with E-state index in [1.807, 2.05) is 0 Å². The van der Waals surface area contributed by atoms with Gasteiger partial charge in [0.2, 0.25) is 0 Å². The highest BCUT2D eigenvalue weighted by atomic mass is 19.4. The Morgan fingerprint density at radius 2 is 1.80 bits per heavy atom. The van der Waals surface area contributed by atoms with Crippen LogP contribution < -0.4 is 15.4 Å². The van der Waals surface area contributed by atoms with Gasteiger partial charge in [-0.25, -0.2) is 13.6 Å². The molecule has 0 fully saturated rings. The summed E-state index contributed by atoms with van der Waals surface area (Å²) in [5.74, 6) is -3.22. The van der Waals surface area contributed by atoms with E-state index in [4.69, 9.17) is 0 Å². The van der Waals surface area contributed by atoms with E-state index in [1.54, 1.807) is 12.1 Å². The highest BCUT2D eigenvalue weighted by Gasteiger charge is 2.33. The van der Waals surface area contributed by atoms with E-state index in [1.165, 1.54) is 24.7 Å². The zero-order valence-corrected chi connectivity index (χ0v) is 15.0. The molecule has 1 aromatic carbocycles. The number of ether oxygens (including phenoxy) is 1. The Morgan fingerprint density at radius 3 is 2.43 bits per heavy atom. The fraction of sp³-hybridized carbons (Fsp3) is 0.105. The first-order valence-electron chi connectivity index (χ1n) is 8.36. The number of hydrogen-bond acceptors (Lipinski definition) is 4. The lowest BCUT2D eigenvalue weighted by Crippen LogP contribution is -2.34. The van der Waals surface area contributed by atoms with Gasteiger partial charge in [-0.1, -0.05) is 6.07 Å². The SMILES string of the molecule is O=C(Nc1cccnc1)N[C@@H](c1ccc(OC(F)(F)F)c(F)c1)c1ncccc1F. The molecule has 0 aliphatic heterocycles. The van der Waals surface area contributed by atoms with Crippen LogP contribution >= 0.6 is 0 Å². The van der Waals surface area contributed by atoms with Crippen molar-refractivity contribution in [2.45, 2.75) is 12.4 Å². The van der Waals surface area contributed by atoms with Gasteiger partial charge in [0.15, 0.2) is 11.6 Å². The number of pyridine rings is 2. The van der Waals surface area contributed by atoms with Gasteiger partial charge in [0.25, 0.3) is 0 Å². The number of amides is 2. The van der Waals surface area contributed by atoms with Gasteiger partial charge in [0.1, 0.15) is 17.6 Å². The Labute approximate surface area is 166 Å². The van der Waals surface area contributed by atoms with Gasteiger partial charge in [-0.2, -0.15) is 0 Å². The number of urea groups is 1. The van der Waals surface area contributed by atoms with Crippen molar-refractivity contribution in [1.29, 1.82) is 0 Å². The molecule has 0 aliphatic rings. The number of carbonyl (C=O) groups excluding carboxylic acids is 1. The number of carbonyl (C=O) groups is 1. The second kappa shape index (κ2) is 8.72. The third-order valence-corrected chi connectivity index (χ3v) is 3.77. The Bertz CT molecular complexity index is 1030. The molecule has 6 nitrogen and oxygen atoms in total. The van der Waals surface area contributed by atoms with Crippen LogP contribution in [0, 0.1) is 11.6 Å². The van der Waals surface area contributed by atoms with Crippen LogP contribution in [0.5, 0.6) is 5.75 Å². The molecule has 2 heterocycles. The van der Waals surface area contributed by atoms with E-state index in [2.05, 4.69) is 25.3 Å². The number of benzene rings is 1. The summed E-state index contributed by atoms with van der Waals surface area (Å²) < 4.78 is 69.1. The maximum atomic E-state index is 14.3. The van der Waals surface area contributed by atoms with Crippen LogP contribution in [0.4, 0.5) is 32.4 Å². The topological polar surface area (TPSA) is 76.1 Å². The highest BCUT2D eigenvalue weighted by molar-refractivity contribution is 5.89. The van der Waals surface area contributed by atoms with Crippen molar-refractivity contribution in [3.05, 3.63) is 83.9 Å². The Hall–Kier alpha value is -3.76. The van der Waals surface area contributed by atoms with Gasteiger partial charge in [0.05, 0.1) is 11.9 Å². The molecular formula is C19H13F5N4O2. The zero-order chi connectivity index (χ0) is 21.7. The fourth-order valence-corrected chi connectivity index (χ4v) is 2.56. The molecule has 156 valence electrons. The maximum Gasteiger partial charge on any atom is 0.573 e. The van der Waals surface area contributed by atoms with Crippen LogP contribution in [0.15, 0.2) is 61.1 Å². The number of aromatic nitrogens is 2. The molecule has 0 bridgehead atoms. The minimum atomic E-state index is -5.09. The van der Waals surface area contributed by atoms with Crippen LogP contribution in [-0.4, -0.2) is 22.4 Å². The Kier molecular flexibility index (Phi) is 6.09. The van der Waals surface area contributed by atoms with Crippen molar-refractivity contribution in [2.24, 2.45) is 0 Å². The van der Waals surface area contributed by atoms with Crippen molar-refractivity contribution in [3.8, 4) is 5.75 Å². The average molecular weight is 424 g/mol. The van der Waals surface area contributed by atoms with Crippen molar-refractivity contribution in [1.82, 2.24) is 15.3 Å². The maximum absolute atomic E-state index is 14.3. The van der Waals surface area contributed by atoms with E-state index >= 15 is 0 Å². The van der Waals surface area contributed by atoms with E-state index in [9.17, 15) is 26.7 Å². The first kappa shape index (κ1) is 21.0. The molecule has 0 unspecified atom stereocenters. The quantitative estimate of drug-likeness (QED) is 0.589. The molecule has 0 saturated carbocycles. The van der Waals surface area contributed by atoms with E-state index in [-0.39, 0.29) is 11.3 Å². The number of rotatable bonds is 5. The lowest BCUT2D eigenvalue weighted by atomic mass is 10.0. The van der Waals surface area contributed by atoms with Crippen LogP contribution in [0.2, 0.25) is 0 Å². The predicted octanol–water partition coefficient (Wildman–Crippen LogP) is 4.56. The Morgan fingerprint density at radius 1 is 1.03 bits per heavy atom. The summed E-state index contributed by atoms with van der Waals surface area (Å²) in [5, 5.41) is 4.88. The van der Waals surface area contributed by atoms with Crippen molar-refractivity contribution < 1.29 is 31.5 Å². The van der Waals surface area contributed by atoms with Gasteiger partial charge < -0.3 is 15.4 Å². The van der Waals surface area contributed by atoms with E-state index in [0.29, 0.717) is 11.8 Å². The predicted molar refractivity (Wildman–Crippen MR) is 95.5 cm³/mol. The van der Waals surface area contributed by atoms with E-state index in [0.717, 1.165) is 18.2 Å². The van der Waals surface area contributed by atoms with Gasteiger partial charge in [-0.05, 0) is 42.0 Å². The summed E-state index contributed by atoms with van der Waals surface area (Å²) in [7, 11) is 0. The third kappa shape index (κ3) is 5.40. The number of alkyl halides is 3. The summed E-state index contributed by atoms with van der Waals surface area (Å²) in [5.41, 5.74) is 0.0130. The highest BCUT2D eigenvalue weighted by Crippen LogP contribution is 2.30. The smallest absolute Gasteiger partial charge is 0.403 e. The van der Waals surface area contributed by atoms with Gasteiger partial charge in [0, 0.05) is 12.4 Å². The van der Waals surface area contributed by atoms with Crippen LogP contribution in [0.25, 0.3) is 0 Å². The lowest BCUT2D eigenvalue weighted by molar-refractivity contribution is -0.275. The number of nitrogens with one attached hydrogen (secondary N) is 2. The third-order valence-electron chi connectivity index (χ3n) is 3.77. The first-order chi connectivity index (χ1) is 14.2. The lowest BCUT2D eigenvalue weighted by Gasteiger charge is -2.20. The molecule has 3 rings (SSSR count). The summed E-state index contributed by atoms with van der Waals surface area (Å²) in [6, 6.07) is 5.89. The number of hydrogen-bond donors (Lipinski definition) is 2. The van der Waals surface area contributed by atoms with Gasteiger partial charge >= 0.3 is 12.4 Å². The monoisotopic (exact) mass is 424 g/mol. The molecule has 2 aromatic heterocycles. The minimum Gasteiger partial charge on any atom is -0.403 e. The van der Waals surface area contributed by atoms with E-state index < -0.39 is 35.8 Å². The molecule has 0 aliphatic carbocycles. The second-order valence-corrected chi connectivity index (χ2v) is 5.88. The molecule has 3 aromatic rings. The molecule has 11 heteroatoms. The molecule has 2 amide bonds. The van der Waals surface area contributed by atoms with Crippen molar-refractivity contribution in [3.63, 3.8) is 0 Å². The normalized spacial score (nSPS) is 12.2. The number of nitrogens with zero attached hydrogens (tertiary/aromatic N) is 2. The van der Waals surface area contributed by atoms with Crippen LogP contribution in [-0.2, 0) is 0 Å². The number of anilines is 1. The average Bonchev–Trinajstić information content (AvgIpc) is 2.68. The molecular weight excluding hydrogens is 411 g/mol. The van der Waals surface area contributed by atoms with Crippen molar-refractivity contribution in [2.75, 3.05) is 5.32 Å². The summed E-state index contributed by atoms with van der Waals surface area (Å²) in [6.45, 7) is 0. The Balaban J connectivity index is 1.91. The molecule has 0 radical (unpaired) electrons. The minimum absolute atomic E-state index is 0.0547. The molecule has 1 atom stereocenters. The molecule has 0 spiro atoms. The molecule has 2 N–H and O–H groups in total. The standard InChI is InChI=1S/C19H13F5N4O2/c20-13-4-2-8-26-17(13)16(28-18(29)27-12-3-1-7-25-10-12)11-5-6-15(14(21)9-11)30-19(22,23)24/h1-10,16H,(H2,27,28,29)/t16-/m0/s1. The summed E-state index contributed by atoms with van der Waals surface area (Å²) in [6.07, 6.45) is -0.984. The summed E-state index contributed by atoms with van der Waals surface area (Å²) in [4.78, 5) is 20.0.